The van der Waals surface area contributed by atoms with E-state index in [4.69, 9.17) is 0 Å². The first-order valence-electron chi connectivity index (χ1n) is 7.87. The summed E-state index contributed by atoms with van der Waals surface area (Å²) in [7, 11) is 0. The normalized spacial score (nSPS) is 11.0. The van der Waals surface area contributed by atoms with Crippen LogP contribution in [0.4, 0.5) is 5.69 Å². The van der Waals surface area contributed by atoms with Crippen LogP contribution in [0.15, 0.2) is 63.1 Å². The Bertz CT molecular complexity index is 1160. The molecule has 27 heavy (non-hydrogen) atoms. The number of carboxylic acid groups (broad SMARTS) is 1. The number of aryl methyl sites for hydroxylation is 1. The van der Waals surface area contributed by atoms with E-state index in [-0.39, 0.29) is 16.8 Å². The zero-order chi connectivity index (χ0) is 19.6. The lowest BCUT2D eigenvalue weighted by molar-refractivity contribution is -0.255. The Balaban J connectivity index is 2.09. The number of rotatable bonds is 4. The summed E-state index contributed by atoms with van der Waals surface area (Å²) in [5.74, 6) is -1.94. The van der Waals surface area contributed by atoms with Crippen LogP contribution in [0, 0.1) is 6.92 Å². The van der Waals surface area contributed by atoms with E-state index in [0.717, 1.165) is 16.3 Å². The van der Waals surface area contributed by atoms with Crippen LogP contribution in [-0.4, -0.2) is 26.8 Å². The Morgan fingerprint density at radius 2 is 1.89 bits per heavy atom. The van der Waals surface area contributed by atoms with Crippen LogP contribution in [0.25, 0.3) is 5.69 Å². The van der Waals surface area contributed by atoms with Crippen LogP contribution in [0.3, 0.4) is 0 Å². The first kappa shape index (κ1) is 17.9. The number of aromatic hydroxyl groups is 1. The second-order valence-corrected chi connectivity index (χ2v) is 5.76. The van der Waals surface area contributed by atoms with E-state index < -0.39 is 23.1 Å². The maximum absolute atomic E-state index is 12.1. The smallest absolute Gasteiger partial charge is 0.335 e. The first-order chi connectivity index (χ1) is 12.9. The topological polar surface area (TPSA) is 128 Å². The third kappa shape index (κ3) is 3.69. The van der Waals surface area contributed by atoms with Crippen LogP contribution >= 0.6 is 0 Å². The minimum absolute atomic E-state index is 0.0765. The number of aliphatic imine (C=N–C) groups is 1. The van der Waals surface area contributed by atoms with Crippen molar-refractivity contribution in [2.24, 2.45) is 4.99 Å². The van der Waals surface area contributed by atoms with Crippen LogP contribution in [-0.2, 0) is 0 Å². The highest BCUT2D eigenvalue weighted by atomic mass is 16.4. The lowest BCUT2D eigenvalue weighted by Gasteiger charge is -2.09. The molecule has 0 amide bonds. The summed E-state index contributed by atoms with van der Waals surface area (Å²) in [4.78, 5) is 41.2. The molecule has 0 saturated heterocycles. The number of nitrogens with one attached hydrogen (secondary N) is 1. The van der Waals surface area contributed by atoms with Crippen molar-refractivity contribution in [2.45, 2.75) is 6.92 Å². The Labute approximate surface area is 152 Å². The molecule has 0 aliphatic heterocycles. The highest BCUT2D eigenvalue weighted by Gasteiger charge is 2.14. The number of benzene rings is 2. The molecule has 8 heteroatoms. The number of aromatic carboxylic acids is 1. The number of hydrogen-bond acceptors (Lipinski definition) is 6. The Morgan fingerprint density at radius 1 is 1.19 bits per heavy atom. The van der Waals surface area contributed by atoms with Gasteiger partial charge in [-0.3, -0.25) is 14.8 Å². The molecule has 136 valence electrons. The lowest BCUT2D eigenvalue weighted by Crippen LogP contribution is -2.31. The Morgan fingerprint density at radius 3 is 2.56 bits per heavy atom. The number of carbonyl (C=O) groups excluding carboxylic acids is 1. The SMILES string of the molecule is Cc1ccc(-n2c(O)c(C=Nc3cccc(C(=O)[O-])c3)c(=O)[nH]c2=O)cc1. The van der Waals surface area contributed by atoms with Gasteiger partial charge in [-0.05, 0) is 36.8 Å². The fraction of sp³-hybridized carbons (Fsp3) is 0.0526. The minimum Gasteiger partial charge on any atom is -0.545 e. The molecule has 0 atom stereocenters. The fourth-order valence-corrected chi connectivity index (χ4v) is 2.44. The third-order valence-electron chi connectivity index (χ3n) is 3.84. The summed E-state index contributed by atoms with van der Waals surface area (Å²) in [6.45, 7) is 1.87. The summed E-state index contributed by atoms with van der Waals surface area (Å²) in [5.41, 5.74) is -0.360. The van der Waals surface area contributed by atoms with E-state index >= 15 is 0 Å². The number of carbonyl (C=O) groups is 1. The molecule has 2 N–H and O–H groups in total. The predicted octanol–water partition coefficient (Wildman–Crippen LogP) is 0.654. The zero-order valence-corrected chi connectivity index (χ0v) is 14.2. The van der Waals surface area contributed by atoms with Gasteiger partial charge in [-0.1, -0.05) is 29.8 Å². The molecular formula is C19H14N3O5-. The maximum atomic E-state index is 12.1. The molecule has 0 unspecified atom stereocenters. The van der Waals surface area contributed by atoms with Crippen LogP contribution in [0.1, 0.15) is 21.5 Å². The highest BCUT2D eigenvalue weighted by Crippen LogP contribution is 2.18. The van der Waals surface area contributed by atoms with Crippen LogP contribution < -0.4 is 16.4 Å². The summed E-state index contributed by atoms with van der Waals surface area (Å²) < 4.78 is 0.944. The molecule has 2 aromatic carbocycles. The Kier molecular flexibility index (Phi) is 4.71. The first-order valence-corrected chi connectivity index (χ1v) is 7.87. The van der Waals surface area contributed by atoms with E-state index in [0.29, 0.717) is 5.69 Å². The van der Waals surface area contributed by atoms with E-state index in [2.05, 4.69) is 9.98 Å². The number of aromatic nitrogens is 2. The average molecular weight is 364 g/mol. The van der Waals surface area contributed by atoms with Gasteiger partial charge in [-0.2, -0.15) is 0 Å². The van der Waals surface area contributed by atoms with E-state index in [1.54, 1.807) is 24.3 Å². The molecule has 0 radical (unpaired) electrons. The molecule has 8 nitrogen and oxygen atoms in total. The molecule has 0 aliphatic carbocycles. The van der Waals surface area contributed by atoms with E-state index in [1.165, 1.54) is 24.3 Å². The van der Waals surface area contributed by atoms with Crippen molar-refractivity contribution in [1.29, 1.82) is 0 Å². The highest BCUT2D eigenvalue weighted by molar-refractivity contribution is 5.88. The average Bonchev–Trinajstić information content (AvgIpc) is 2.63. The van der Waals surface area contributed by atoms with Gasteiger partial charge in [-0.15, -0.1) is 0 Å². The van der Waals surface area contributed by atoms with Crippen molar-refractivity contribution in [3.8, 4) is 11.6 Å². The summed E-state index contributed by atoms with van der Waals surface area (Å²) in [5, 5.41) is 21.3. The quantitative estimate of drug-likeness (QED) is 0.657. The summed E-state index contributed by atoms with van der Waals surface area (Å²) in [6.07, 6.45) is 1.06. The molecule has 0 bridgehead atoms. The van der Waals surface area contributed by atoms with E-state index in [9.17, 15) is 24.6 Å². The molecule has 0 fully saturated rings. The van der Waals surface area contributed by atoms with Crippen molar-refractivity contribution in [3.05, 3.63) is 86.1 Å². The number of carboxylic acids is 1. The largest absolute Gasteiger partial charge is 0.545 e. The number of aromatic amines is 1. The van der Waals surface area contributed by atoms with Crippen molar-refractivity contribution in [2.75, 3.05) is 0 Å². The number of nitrogens with zero attached hydrogens (tertiary/aromatic N) is 2. The molecule has 0 spiro atoms. The van der Waals surface area contributed by atoms with Gasteiger partial charge in [0.2, 0.25) is 5.88 Å². The number of H-pyrrole nitrogens is 1. The summed E-state index contributed by atoms with van der Waals surface area (Å²) >= 11 is 0. The lowest BCUT2D eigenvalue weighted by atomic mass is 10.2. The predicted molar refractivity (Wildman–Crippen MR) is 97.1 cm³/mol. The third-order valence-corrected chi connectivity index (χ3v) is 3.84. The monoisotopic (exact) mass is 364 g/mol. The second kappa shape index (κ2) is 7.12. The van der Waals surface area contributed by atoms with Crippen LogP contribution in [0.5, 0.6) is 5.88 Å². The van der Waals surface area contributed by atoms with Crippen molar-refractivity contribution < 1.29 is 15.0 Å². The standard InChI is InChI=1S/C19H15N3O5/c1-11-5-7-14(8-6-11)22-17(24)15(16(23)21-19(22)27)10-20-13-4-2-3-12(9-13)18(25)26/h2-10,24H,1H3,(H,25,26)(H,21,23,27)/p-1. The van der Waals surface area contributed by atoms with Gasteiger partial charge in [0.15, 0.2) is 0 Å². The molecular weight excluding hydrogens is 350 g/mol. The molecule has 3 rings (SSSR count). The fourth-order valence-electron chi connectivity index (χ4n) is 2.44. The van der Waals surface area contributed by atoms with Crippen LogP contribution in [0.2, 0.25) is 0 Å². The van der Waals surface area contributed by atoms with Gasteiger partial charge in [0.05, 0.1) is 17.3 Å². The van der Waals surface area contributed by atoms with Gasteiger partial charge >= 0.3 is 5.69 Å². The molecule has 0 saturated carbocycles. The maximum Gasteiger partial charge on any atom is 0.335 e. The van der Waals surface area contributed by atoms with Gasteiger partial charge in [0.1, 0.15) is 5.56 Å². The van der Waals surface area contributed by atoms with Gasteiger partial charge in [-0.25, -0.2) is 9.36 Å². The van der Waals surface area contributed by atoms with Gasteiger partial charge in [0, 0.05) is 6.21 Å². The minimum atomic E-state index is -1.36. The number of hydrogen-bond donors (Lipinski definition) is 2. The zero-order valence-electron chi connectivity index (χ0n) is 14.2. The summed E-state index contributed by atoms with van der Waals surface area (Å²) in [6, 6.07) is 12.3. The molecule has 1 heterocycles. The van der Waals surface area contributed by atoms with Crippen molar-refractivity contribution in [1.82, 2.24) is 9.55 Å². The Hall–Kier alpha value is -3.94. The van der Waals surface area contributed by atoms with Crippen molar-refractivity contribution >= 4 is 17.9 Å². The van der Waals surface area contributed by atoms with E-state index in [1.807, 2.05) is 6.92 Å². The van der Waals surface area contributed by atoms with Gasteiger partial charge in [0.25, 0.3) is 5.56 Å². The molecule has 0 aliphatic rings. The second-order valence-electron chi connectivity index (χ2n) is 5.76. The molecule has 3 aromatic rings. The van der Waals surface area contributed by atoms with Gasteiger partial charge < -0.3 is 15.0 Å². The van der Waals surface area contributed by atoms with Crippen molar-refractivity contribution in [3.63, 3.8) is 0 Å². The molecule has 1 aromatic heterocycles.